The second kappa shape index (κ2) is 4.64. The average molecular weight is 271 g/mol. The summed E-state index contributed by atoms with van der Waals surface area (Å²) in [5, 5.41) is 5.44. The smallest absolute Gasteiger partial charge is 0.172 e. The highest BCUT2D eigenvalue weighted by atomic mass is 35.5. The number of rotatable bonds is 2. The Morgan fingerprint density at radius 3 is 2.53 bits per heavy atom. The van der Waals surface area contributed by atoms with E-state index in [0.717, 1.165) is 17.0 Å². The van der Waals surface area contributed by atoms with E-state index in [0.29, 0.717) is 22.4 Å². The molecule has 0 saturated heterocycles. The molecule has 0 aliphatic carbocycles. The highest BCUT2D eigenvalue weighted by Gasteiger charge is 2.14. The third kappa shape index (κ3) is 2.16. The van der Waals surface area contributed by atoms with Gasteiger partial charge >= 0.3 is 0 Å². The van der Waals surface area contributed by atoms with E-state index in [9.17, 15) is 0 Å². The number of pyridine rings is 1. The van der Waals surface area contributed by atoms with Gasteiger partial charge in [0.15, 0.2) is 5.82 Å². The number of aryl methyl sites for hydroxylation is 1. The molecule has 90 valence electrons. The van der Waals surface area contributed by atoms with Crippen molar-refractivity contribution in [2.75, 3.05) is 0 Å². The van der Waals surface area contributed by atoms with Crippen LogP contribution in [0.15, 0.2) is 12.3 Å². The van der Waals surface area contributed by atoms with E-state index in [-0.39, 0.29) is 0 Å². The van der Waals surface area contributed by atoms with Gasteiger partial charge in [-0.25, -0.2) is 9.67 Å². The van der Waals surface area contributed by atoms with Gasteiger partial charge in [0.25, 0.3) is 0 Å². The Morgan fingerprint density at radius 1 is 1.35 bits per heavy atom. The van der Waals surface area contributed by atoms with Gasteiger partial charge in [0.1, 0.15) is 0 Å². The van der Waals surface area contributed by atoms with Crippen LogP contribution in [0.4, 0.5) is 0 Å². The van der Waals surface area contributed by atoms with Crippen molar-refractivity contribution in [3.63, 3.8) is 0 Å². The second-order valence-corrected chi connectivity index (χ2v) is 4.53. The monoisotopic (exact) mass is 270 g/mol. The number of hydrogen-bond acceptors (Lipinski definition) is 3. The van der Waals surface area contributed by atoms with Gasteiger partial charge in [-0.05, 0) is 25.5 Å². The van der Waals surface area contributed by atoms with Crippen LogP contribution in [0.2, 0.25) is 10.0 Å². The first-order valence-corrected chi connectivity index (χ1v) is 5.86. The van der Waals surface area contributed by atoms with E-state index < -0.39 is 0 Å². The zero-order valence-electron chi connectivity index (χ0n) is 9.54. The fraction of sp³-hybridized carbons (Fsp3) is 0.273. The fourth-order valence-electron chi connectivity index (χ4n) is 1.57. The summed E-state index contributed by atoms with van der Waals surface area (Å²) in [5.41, 5.74) is 7.98. The Bertz CT molecular complexity index is 563. The summed E-state index contributed by atoms with van der Waals surface area (Å²) in [6, 6.07) is 1.79. The van der Waals surface area contributed by atoms with Crippen molar-refractivity contribution >= 4 is 23.2 Å². The van der Waals surface area contributed by atoms with Gasteiger partial charge < -0.3 is 5.73 Å². The molecule has 17 heavy (non-hydrogen) atoms. The molecule has 0 amide bonds. The molecular weight excluding hydrogens is 259 g/mol. The molecule has 2 N–H and O–H groups in total. The third-order valence-electron chi connectivity index (χ3n) is 2.52. The molecule has 0 aromatic carbocycles. The van der Waals surface area contributed by atoms with Crippen LogP contribution in [0.1, 0.15) is 17.0 Å². The zero-order chi connectivity index (χ0) is 12.6. The highest BCUT2D eigenvalue weighted by molar-refractivity contribution is 6.32. The standard InChI is InChI=1S/C11H12Cl2N4/c1-6-10(13)7(2)17(16-6)11-9(12)3-8(4-14)5-15-11/h3,5H,4,14H2,1-2H3. The predicted molar refractivity (Wildman–Crippen MR) is 68.7 cm³/mol. The molecule has 6 heteroatoms. The number of hydrogen-bond donors (Lipinski definition) is 1. The number of aromatic nitrogens is 3. The van der Waals surface area contributed by atoms with Crippen LogP contribution in [0.5, 0.6) is 0 Å². The van der Waals surface area contributed by atoms with Crippen molar-refractivity contribution in [1.29, 1.82) is 0 Å². The molecule has 0 bridgehead atoms. The topological polar surface area (TPSA) is 56.7 Å². The maximum atomic E-state index is 6.15. The van der Waals surface area contributed by atoms with Gasteiger partial charge in [-0.2, -0.15) is 5.10 Å². The fourth-order valence-corrected chi connectivity index (χ4v) is 1.95. The summed E-state index contributed by atoms with van der Waals surface area (Å²) in [6.45, 7) is 4.12. The first kappa shape index (κ1) is 12.4. The molecule has 0 aliphatic heterocycles. The minimum atomic E-state index is 0.408. The van der Waals surface area contributed by atoms with E-state index in [1.165, 1.54) is 0 Å². The quantitative estimate of drug-likeness (QED) is 0.913. The highest BCUT2D eigenvalue weighted by Crippen LogP contribution is 2.25. The largest absolute Gasteiger partial charge is 0.326 e. The molecule has 2 rings (SSSR count). The Labute approximate surface area is 109 Å². The van der Waals surface area contributed by atoms with E-state index >= 15 is 0 Å². The lowest BCUT2D eigenvalue weighted by molar-refractivity contribution is 0.803. The lowest BCUT2D eigenvalue weighted by Crippen LogP contribution is -2.05. The Morgan fingerprint density at radius 2 is 2.06 bits per heavy atom. The average Bonchev–Trinajstić information content (AvgIpc) is 2.57. The third-order valence-corrected chi connectivity index (χ3v) is 3.34. The van der Waals surface area contributed by atoms with Gasteiger partial charge in [-0.1, -0.05) is 23.2 Å². The predicted octanol–water partition coefficient (Wildman–Crippen LogP) is 2.65. The summed E-state index contributed by atoms with van der Waals surface area (Å²) >= 11 is 12.2. The molecule has 0 aliphatic rings. The summed E-state index contributed by atoms with van der Waals surface area (Å²) in [5.74, 6) is 0.566. The number of nitrogens with two attached hydrogens (primary N) is 1. The molecule has 4 nitrogen and oxygen atoms in total. The number of nitrogens with zero attached hydrogens (tertiary/aromatic N) is 3. The Balaban J connectivity index is 2.57. The SMILES string of the molecule is Cc1nn(-c2ncc(CN)cc2Cl)c(C)c1Cl. The summed E-state index contributed by atoms with van der Waals surface area (Å²) in [6.07, 6.45) is 1.69. The Kier molecular flexibility index (Phi) is 3.38. The molecule has 0 unspecified atom stereocenters. The minimum absolute atomic E-state index is 0.408. The maximum Gasteiger partial charge on any atom is 0.172 e. The molecule has 0 atom stereocenters. The van der Waals surface area contributed by atoms with Crippen molar-refractivity contribution < 1.29 is 0 Å². The van der Waals surface area contributed by atoms with Crippen LogP contribution in [-0.2, 0) is 6.54 Å². The van der Waals surface area contributed by atoms with Crippen LogP contribution in [-0.4, -0.2) is 14.8 Å². The first-order chi connectivity index (χ1) is 8.04. The van der Waals surface area contributed by atoms with Crippen LogP contribution in [0.3, 0.4) is 0 Å². The lowest BCUT2D eigenvalue weighted by Gasteiger charge is -2.06. The minimum Gasteiger partial charge on any atom is -0.326 e. The molecule has 0 radical (unpaired) electrons. The maximum absolute atomic E-state index is 6.15. The molecule has 0 spiro atoms. The van der Waals surface area contributed by atoms with Crippen molar-refractivity contribution in [1.82, 2.24) is 14.8 Å². The van der Waals surface area contributed by atoms with Crippen molar-refractivity contribution in [2.24, 2.45) is 5.73 Å². The van der Waals surface area contributed by atoms with E-state index in [1.807, 2.05) is 13.8 Å². The molecular formula is C11H12Cl2N4. The van der Waals surface area contributed by atoms with Gasteiger partial charge in [0.2, 0.25) is 0 Å². The van der Waals surface area contributed by atoms with E-state index in [1.54, 1.807) is 16.9 Å². The van der Waals surface area contributed by atoms with Crippen LogP contribution in [0, 0.1) is 13.8 Å². The van der Waals surface area contributed by atoms with Crippen molar-refractivity contribution in [2.45, 2.75) is 20.4 Å². The van der Waals surface area contributed by atoms with Gasteiger partial charge in [0.05, 0.1) is 21.4 Å². The van der Waals surface area contributed by atoms with Gasteiger partial charge in [-0.3, -0.25) is 0 Å². The van der Waals surface area contributed by atoms with Crippen LogP contribution < -0.4 is 5.73 Å². The molecule has 2 aromatic heterocycles. The van der Waals surface area contributed by atoms with Crippen molar-refractivity contribution in [3.05, 3.63) is 39.3 Å². The van der Waals surface area contributed by atoms with E-state index in [2.05, 4.69) is 10.1 Å². The molecule has 2 aromatic rings. The van der Waals surface area contributed by atoms with Crippen LogP contribution in [0.25, 0.3) is 5.82 Å². The molecule has 0 fully saturated rings. The van der Waals surface area contributed by atoms with E-state index in [4.69, 9.17) is 28.9 Å². The normalized spacial score (nSPS) is 10.9. The zero-order valence-corrected chi connectivity index (χ0v) is 11.0. The summed E-state index contributed by atoms with van der Waals surface area (Å²) < 4.78 is 1.64. The van der Waals surface area contributed by atoms with Crippen LogP contribution >= 0.6 is 23.2 Å². The summed E-state index contributed by atoms with van der Waals surface area (Å²) in [7, 11) is 0. The van der Waals surface area contributed by atoms with Gasteiger partial charge in [0, 0.05) is 12.7 Å². The summed E-state index contributed by atoms with van der Waals surface area (Å²) in [4.78, 5) is 4.26. The molecule has 0 saturated carbocycles. The van der Waals surface area contributed by atoms with Crippen molar-refractivity contribution in [3.8, 4) is 5.82 Å². The van der Waals surface area contributed by atoms with Gasteiger partial charge in [-0.15, -0.1) is 0 Å². The molecule has 2 heterocycles. The second-order valence-electron chi connectivity index (χ2n) is 3.75. The lowest BCUT2D eigenvalue weighted by atomic mass is 10.3. The Hall–Kier alpha value is -1.10. The number of halogens is 2. The first-order valence-electron chi connectivity index (χ1n) is 5.11.